The van der Waals surface area contributed by atoms with Crippen molar-refractivity contribution in [1.82, 2.24) is 9.80 Å². The van der Waals surface area contributed by atoms with Crippen LogP contribution in [0.3, 0.4) is 0 Å². The van der Waals surface area contributed by atoms with Gasteiger partial charge >= 0.3 is 0 Å². The minimum absolute atomic E-state index is 0.0644. The molecule has 1 aromatic rings. The second kappa shape index (κ2) is 5.36. The van der Waals surface area contributed by atoms with Gasteiger partial charge in [0.15, 0.2) is 0 Å². The number of benzene rings is 1. The summed E-state index contributed by atoms with van der Waals surface area (Å²) in [5, 5.41) is 0. The molecule has 2 unspecified atom stereocenters. The van der Waals surface area contributed by atoms with Crippen molar-refractivity contribution < 1.29 is 14.3 Å². The van der Waals surface area contributed by atoms with Crippen LogP contribution in [0.1, 0.15) is 17.5 Å². The summed E-state index contributed by atoms with van der Waals surface area (Å²) in [6, 6.07) is 6.07. The molecule has 2 amide bonds. The van der Waals surface area contributed by atoms with E-state index in [9.17, 15) is 9.59 Å². The van der Waals surface area contributed by atoms with Crippen molar-refractivity contribution in [1.29, 1.82) is 0 Å². The van der Waals surface area contributed by atoms with E-state index in [0.717, 1.165) is 25.1 Å². The predicted octanol–water partition coefficient (Wildman–Crippen LogP) is 1.61. The van der Waals surface area contributed by atoms with Gasteiger partial charge in [-0.15, -0.1) is 0 Å². The number of piperidine rings is 1. The molecule has 1 aliphatic carbocycles. The molecule has 0 N–H and O–H groups in total. The monoisotopic (exact) mass is 326 g/mol. The van der Waals surface area contributed by atoms with E-state index in [-0.39, 0.29) is 17.2 Å². The third-order valence-corrected chi connectivity index (χ3v) is 5.77. The van der Waals surface area contributed by atoms with Crippen LogP contribution < -0.4 is 4.74 Å². The number of methoxy groups -OCH3 is 1. The van der Waals surface area contributed by atoms with Crippen molar-refractivity contribution in [3.05, 3.63) is 42.0 Å². The molecule has 2 fully saturated rings. The third-order valence-electron chi connectivity index (χ3n) is 5.77. The van der Waals surface area contributed by atoms with Crippen LogP contribution >= 0.6 is 0 Å². The van der Waals surface area contributed by atoms with Crippen molar-refractivity contribution in [2.24, 2.45) is 11.3 Å². The summed E-state index contributed by atoms with van der Waals surface area (Å²) in [7, 11) is 1.67. The number of hydrogen-bond acceptors (Lipinski definition) is 3. The zero-order chi connectivity index (χ0) is 16.9. The van der Waals surface area contributed by atoms with Crippen molar-refractivity contribution in [2.45, 2.75) is 19.4 Å². The largest absolute Gasteiger partial charge is 0.497 e. The average molecular weight is 326 g/mol. The summed E-state index contributed by atoms with van der Waals surface area (Å²) in [6.07, 6.45) is 3.11. The molecule has 3 aliphatic rings. The second-order valence-electron chi connectivity index (χ2n) is 7.09. The first-order valence-electron chi connectivity index (χ1n) is 8.44. The van der Waals surface area contributed by atoms with E-state index in [4.69, 9.17) is 4.74 Å². The lowest BCUT2D eigenvalue weighted by Gasteiger charge is -2.32. The summed E-state index contributed by atoms with van der Waals surface area (Å²) in [5.41, 5.74) is 2.13. The Kier molecular flexibility index (Phi) is 3.41. The molecule has 0 spiro atoms. The van der Waals surface area contributed by atoms with Gasteiger partial charge in [0.05, 0.1) is 12.5 Å². The fraction of sp³-hybridized carbons (Fsp3) is 0.474. The van der Waals surface area contributed by atoms with Gasteiger partial charge in [-0.05, 0) is 48.1 Å². The third kappa shape index (κ3) is 2.22. The first-order valence-corrected chi connectivity index (χ1v) is 8.44. The number of carbonyl (C=O) groups is 2. The van der Waals surface area contributed by atoms with E-state index >= 15 is 0 Å². The highest BCUT2D eigenvalue weighted by molar-refractivity contribution is 5.92. The van der Waals surface area contributed by atoms with Crippen LogP contribution in [0.5, 0.6) is 5.75 Å². The Morgan fingerprint density at radius 1 is 1.33 bits per heavy atom. The van der Waals surface area contributed by atoms with Crippen LogP contribution in [0, 0.1) is 11.3 Å². The minimum Gasteiger partial charge on any atom is -0.497 e. The van der Waals surface area contributed by atoms with Crippen molar-refractivity contribution in [2.75, 3.05) is 26.7 Å². The Hall–Kier alpha value is -2.30. The van der Waals surface area contributed by atoms with Gasteiger partial charge in [-0.3, -0.25) is 9.59 Å². The molecule has 0 aromatic heterocycles. The average Bonchev–Trinajstić information content (AvgIpc) is 3.20. The number of rotatable bonds is 3. The molecule has 0 radical (unpaired) electrons. The van der Waals surface area contributed by atoms with E-state index in [0.29, 0.717) is 25.6 Å². The second-order valence-corrected chi connectivity index (χ2v) is 7.09. The Bertz CT molecular complexity index is 729. The molecule has 2 atom stereocenters. The molecule has 24 heavy (non-hydrogen) atoms. The summed E-state index contributed by atoms with van der Waals surface area (Å²) in [5.74, 6) is 1.34. The van der Waals surface area contributed by atoms with Crippen LogP contribution in [0.15, 0.2) is 30.9 Å². The lowest BCUT2D eigenvalue weighted by Crippen LogP contribution is -2.43. The van der Waals surface area contributed by atoms with E-state index < -0.39 is 0 Å². The molecule has 0 bridgehead atoms. The van der Waals surface area contributed by atoms with Gasteiger partial charge in [0.2, 0.25) is 11.8 Å². The number of hydrogen-bond donors (Lipinski definition) is 0. The number of carbonyl (C=O) groups excluding carboxylic acids is 2. The first kappa shape index (κ1) is 15.2. The number of nitrogens with zero attached hydrogens (tertiary/aromatic N) is 2. The zero-order valence-corrected chi connectivity index (χ0v) is 14.0. The van der Waals surface area contributed by atoms with Crippen LogP contribution in [0.2, 0.25) is 0 Å². The normalized spacial score (nSPS) is 27.3. The summed E-state index contributed by atoms with van der Waals surface area (Å²) in [4.78, 5) is 28.6. The molecule has 5 nitrogen and oxygen atoms in total. The maximum Gasteiger partial charge on any atom is 0.245 e. The van der Waals surface area contributed by atoms with E-state index in [1.165, 1.54) is 17.2 Å². The van der Waals surface area contributed by atoms with Crippen LogP contribution in [-0.4, -0.2) is 48.4 Å². The topological polar surface area (TPSA) is 49.9 Å². The van der Waals surface area contributed by atoms with E-state index in [2.05, 4.69) is 18.7 Å². The van der Waals surface area contributed by atoms with Crippen LogP contribution in [-0.2, 0) is 22.6 Å². The number of fused-ring (bicyclic) bond motifs is 2. The molecular formula is C19H22N2O3. The lowest BCUT2D eigenvalue weighted by atomic mass is 9.96. The van der Waals surface area contributed by atoms with E-state index in [1.54, 1.807) is 12.0 Å². The molecule has 1 saturated carbocycles. The van der Waals surface area contributed by atoms with Crippen LogP contribution in [0.25, 0.3) is 0 Å². The predicted molar refractivity (Wildman–Crippen MR) is 89.4 cm³/mol. The van der Waals surface area contributed by atoms with Crippen molar-refractivity contribution in [3.63, 3.8) is 0 Å². The fourth-order valence-electron chi connectivity index (χ4n) is 4.26. The Morgan fingerprint density at radius 3 is 2.92 bits per heavy atom. The van der Waals surface area contributed by atoms with Gasteiger partial charge in [0.1, 0.15) is 5.75 Å². The standard InChI is InChI=1S/C19H22N2O3/c1-3-17(22)21-11-15-9-19(15,12-21)18(23)20-7-6-13-8-16(24-2)5-4-14(13)10-20/h3-5,8,15H,1,6-7,9-12H2,2H3. The highest BCUT2D eigenvalue weighted by Crippen LogP contribution is 2.59. The van der Waals surface area contributed by atoms with Gasteiger partial charge < -0.3 is 14.5 Å². The number of ether oxygens (including phenoxy) is 1. The smallest absolute Gasteiger partial charge is 0.245 e. The quantitative estimate of drug-likeness (QED) is 0.793. The summed E-state index contributed by atoms with van der Waals surface area (Å²) >= 11 is 0. The van der Waals surface area contributed by atoms with Gasteiger partial charge in [-0.1, -0.05) is 12.6 Å². The molecule has 5 heteroatoms. The maximum atomic E-state index is 13.1. The Labute approximate surface area is 141 Å². The molecule has 126 valence electrons. The maximum absolute atomic E-state index is 13.1. The van der Waals surface area contributed by atoms with Gasteiger partial charge in [0.25, 0.3) is 0 Å². The molecule has 2 heterocycles. The zero-order valence-electron chi connectivity index (χ0n) is 14.0. The first-order chi connectivity index (χ1) is 11.6. The SMILES string of the molecule is C=CC(=O)N1CC2CC2(C(=O)N2CCc3cc(OC)ccc3C2)C1. The molecule has 2 aliphatic heterocycles. The fourth-order valence-corrected chi connectivity index (χ4v) is 4.26. The molecule has 4 rings (SSSR count). The minimum atomic E-state index is -0.331. The highest BCUT2D eigenvalue weighted by Gasteiger charge is 2.66. The Morgan fingerprint density at radius 2 is 2.17 bits per heavy atom. The molecule has 1 aromatic carbocycles. The van der Waals surface area contributed by atoms with Gasteiger partial charge in [-0.2, -0.15) is 0 Å². The van der Waals surface area contributed by atoms with Gasteiger partial charge in [-0.25, -0.2) is 0 Å². The van der Waals surface area contributed by atoms with Gasteiger partial charge in [0, 0.05) is 26.2 Å². The number of likely N-dealkylation sites (tertiary alicyclic amines) is 1. The van der Waals surface area contributed by atoms with Crippen LogP contribution in [0.4, 0.5) is 0 Å². The summed E-state index contributed by atoms with van der Waals surface area (Å²) in [6.45, 7) is 6.18. The number of amides is 2. The van der Waals surface area contributed by atoms with Crippen molar-refractivity contribution in [3.8, 4) is 5.75 Å². The highest BCUT2D eigenvalue weighted by atomic mass is 16.5. The summed E-state index contributed by atoms with van der Waals surface area (Å²) < 4.78 is 5.28. The molecule has 1 saturated heterocycles. The lowest BCUT2D eigenvalue weighted by molar-refractivity contribution is -0.138. The van der Waals surface area contributed by atoms with E-state index in [1.807, 2.05) is 11.0 Å². The van der Waals surface area contributed by atoms with Crippen molar-refractivity contribution >= 4 is 11.8 Å². The molecular weight excluding hydrogens is 304 g/mol. The Balaban J connectivity index is 1.49.